The van der Waals surface area contributed by atoms with Crippen molar-refractivity contribution in [3.05, 3.63) is 53.1 Å². The van der Waals surface area contributed by atoms with E-state index in [-0.39, 0.29) is 17.5 Å². The zero-order chi connectivity index (χ0) is 16.4. The molecule has 2 heterocycles. The Morgan fingerprint density at radius 2 is 2.30 bits per heavy atom. The van der Waals surface area contributed by atoms with Crippen LogP contribution in [0.25, 0.3) is 0 Å². The Balaban J connectivity index is 1.85. The van der Waals surface area contributed by atoms with E-state index in [0.29, 0.717) is 23.8 Å². The van der Waals surface area contributed by atoms with Gasteiger partial charge in [0.25, 0.3) is 5.91 Å². The number of nitrogens with one attached hydrogen (secondary N) is 1. The third-order valence-electron chi connectivity index (χ3n) is 3.47. The van der Waals surface area contributed by atoms with Gasteiger partial charge in [0.1, 0.15) is 5.76 Å². The highest BCUT2D eigenvalue weighted by molar-refractivity contribution is 6.13. The Bertz CT molecular complexity index is 783. The molecule has 1 aliphatic carbocycles. The normalized spacial score (nSPS) is 21.6. The first kappa shape index (κ1) is 15.1. The van der Waals surface area contributed by atoms with Crippen LogP contribution in [0.3, 0.4) is 0 Å². The van der Waals surface area contributed by atoms with Gasteiger partial charge in [0.15, 0.2) is 5.69 Å². The fourth-order valence-electron chi connectivity index (χ4n) is 2.48. The summed E-state index contributed by atoms with van der Waals surface area (Å²) in [6.45, 7) is 2.06. The first-order valence-corrected chi connectivity index (χ1v) is 7.03. The number of nitrogens with zero attached hydrogens (tertiary/aromatic N) is 2. The van der Waals surface area contributed by atoms with Crippen LogP contribution in [0, 0.1) is 12.8 Å². The monoisotopic (exact) mass is 313 g/mol. The average molecular weight is 313 g/mol. The van der Waals surface area contributed by atoms with Gasteiger partial charge in [0.05, 0.1) is 12.3 Å². The zero-order valence-corrected chi connectivity index (χ0v) is 12.7. The SMILES string of the molecule is COCC1=CC(=O)NC2=CC(=NC(=O)c3cc(C)on3)C=CC12. The summed E-state index contributed by atoms with van der Waals surface area (Å²) in [6, 6.07) is 1.52. The number of carbonyl (C=O) groups excluding carboxylic acids is 2. The Labute approximate surface area is 132 Å². The minimum Gasteiger partial charge on any atom is -0.380 e. The second-order valence-electron chi connectivity index (χ2n) is 5.24. The van der Waals surface area contributed by atoms with Crippen LogP contribution in [-0.4, -0.2) is 36.4 Å². The maximum atomic E-state index is 12.0. The summed E-state index contributed by atoms with van der Waals surface area (Å²) >= 11 is 0. The number of amides is 2. The molecule has 3 rings (SSSR count). The van der Waals surface area contributed by atoms with Crippen LogP contribution >= 0.6 is 0 Å². The fourth-order valence-corrected chi connectivity index (χ4v) is 2.48. The lowest BCUT2D eigenvalue weighted by molar-refractivity contribution is -0.116. The highest BCUT2D eigenvalue weighted by Crippen LogP contribution is 2.27. The lowest BCUT2D eigenvalue weighted by atomic mass is 9.88. The van der Waals surface area contributed by atoms with Crippen molar-refractivity contribution in [1.82, 2.24) is 10.5 Å². The first-order valence-electron chi connectivity index (χ1n) is 7.03. The molecular weight excluding hydrogens is 298 g/mol. The van der Waals surface area contributed by atoms with Gasteiger partial charge < -0.3 is 14.6 Å². The Morgan fingerprint density at radius 3 is 3.00 bits per heavy atom. The number of allylic oxidation sites excluding steroid dienone is 3. The molecule has 7 nitrogen and oxygen atoms in total. The molecule has 1 aromatic heterocycles. The third kappa shape index (κ3) is 3.19. The number of hydrogen-bond acceptors (Lipinski definition) is 5. The summed E-state index contributed by atoms with van der Waals surface area (Å²) in [5, 5.41) is 6.41. The second-order valence-corrected chi connectivity index (χ2v) is 5.24. The van der Waals surface area contributed by atoms with Gasteiger partial charge in [0, 0.05) is 30.9 Å². The van der Waals surface area contributed by atoms with Crippen molar-refractivity contribution in [2.24, 2.45) is 10.9 Å². The van der Waals surface area contributed by atoms with Crippen LogP contribution < -0.4 is 5.32 Å². The summed E-state index contributed by atoms with van der Waals surface area (Å²) in [7, 11) is 1.58. The number of fused-ring (bicyclic) bond motifs is 1. The number of aromatic nitrogens is 1. The number of aryl methyl sites for hydroxylation is 1. The topological polar surface area (TPSA) is 93.8 Å². The number of rotatable bonds is 3. The van der Waals surface area contributed by atoms with Crippen molar-refractivity contribution in [1.29, 1.82) is 0 Å². The molecule has 0 saturated heterocycles. The average Bonchev–Trinajstić information content (AvgIpc) is 2.94. The van der Waals surface area contributed by atoms with Crippen molar-refractivity contribution in [3.63, 3.8) is 0 Å². The highest BCUT2D eigenvalue weighted by atomic mass is 16.5. The molecule has 0 bridgehead atoms. The molecule has 2 aliphatic rings. The zero-order valence-electron chi connectivity index (χ0n) is 12.7. The largest absolute Gasteiger partial charge is 0.380 e. The van der Waals surface area contributed by atoms with E-state index in [2.05, 4.69) is 15.5 Å². The number of ether oxygens (including phenoxy) is 1. The summed E-state index contributed by atoms with van der Waals surface area (Å²) < 4.78 is 9.98. The molecular formula is C16H15N3O4. The van der Waals surface area contributed by atoms with Crippen molar-refractivity contribution >= 4 is 17.5 Å². The predicted molar refractivity (Wildman–Crippen MR) is 81.8 cm³/mol. The molecule has 0 saturated carbocycles. The molecule has 1 N–H and O–H groups in total. The summed E-state index contributed by atoms with van der Waals surface area (Å²) in [4.78, 5) is 27.7. The number of carbonyl (C=O) groups is 2. The van der Waals surface area contributed by atoms with E-state index >= 15 is 0 Å². The first-order chi connectivity index (χ1) is 11.1. The lowest BCUT2D eigenvalue weighted by Gasteiger charge is -2.27. The summed E-state index contributed by atoms with van der Waals surface area (Å²) in [5.41, 5.74) is 2.13. The Morgan fingerprint density at radius 1 is 1.48 bits per heavy atom. The molecule has 118 valence electrons. The van der Waals surface area contributed by atoms with E-state index in [1.54, 1.807) is 26.2 Å². The van der Waals surface area contributed by atoms with Gasteiger partial charge in [0.2, 0.25) is 5.91 Å². The summed E-state index contributed by atoms with van der Waals surface area (Å²) in [5.74, 6) is -0.240. The maximum Gasteiger partial charge on any atom is 0.299 e. The van der Waals surface area contributed by atoms with Crippen molar-refractivity contribution in [2.75, 3.05) is 13.7 Å². The highest BCUT2D eigenvalue weighted by Gasteiger charge is 2.26. The Kier molecular flexibility index (Phi) is 4.03. The third-order valence-corrected chi connectivity index (χ3v) is 3.47. The van der Waals surface area contributed by atoms with Gasteiger partial charge in [-0.15, -0.1) is 0 Å². The molecule has 1 unspecified atom stereocenters. The predicted octanol–water partition coefficient (Wildman–Crippen LogP) is 1.34. The van der Waals surface area contributed by atoms with E-state index in [9.17, 15) is 9.59 Å². The molecule has 2 amide bonds. The van der Waals surface area contributed by atoms with E-state index < -0.39 is 5.91 Å². The number of methoxy groups -OCH3 is 1. The summed E-state index contributed by atoms with van der Waals surface area (Å²) in [6.07, 6.45) is 6.82. The maximum absolute atomic E-state index is 12.0. The smallest absolute Gasteiger partial charge is 0.299 e. The number of hydrogen-bond donors (Lipinski definition) is 1. The number of aliphatic imine (C=N–C) groups is 1. The van der Waals surface area contributed by atoms with Gasteiger partial charge in [-0.05, 0) is 24.6 Å². The van der Waals surface area contributed by atoms with Crippen LogP contribution in [0.2, 0.25) is 0 Å². The molecule has 23 heavy (non-hydrogen) atoms. The minimum atomic E-state index is -0.494. The van der Waals surface area contributed by atoms with Gasteiger partial charge in [-0.25, -0.2) is 4.99 Å². The standard InChI is InChI=1S/C16H15N3O4/c1-9-5-14(19-23-9)16(21)17-11-3-4-12-10(8-22-2)6-15(20)18-13(12)7-11/h3-7,12H,8H2,1-2H3,(H,18,20). The second kappa shape index (κ2) is 6.13. The van der Waals surface area contributed by atoms with Gasteiger partial charge in [-0.3, -0.25) is 9.59 Å². The molecule has 1 aromatic rings. The van der Waals surface area contributed by atoms with E-state index in [0.717, 1.165) is 5.57 Å². The molecule has 0 aromatic carbocycles. The molecule has 0 spiro atoms. The van der Waals surface area contributed by atoms with Crippen LogP contribution in [-0.2, 0) is 9.53 Å². The van der Waals surface area contributed by atoms with Crippen LogP contribution in [0.15, 0.2) is 51.2 Å². The molecule has 0 fully saturated rings. The fraction of sp³-hybridized carbons (Fsp3) is 0.250. The van der Waals surface area contributed by atoms with Gasteiger partial charge >= 0.3 is 0 Å². The minimum absolute atomic E-state index is 0.0732. The Hall–Kier alpha value is -2.80. The quantitative estimate of drug-likeness (QED) is 0.908. The van der Waals surface area contributed by atoms with Gasteiger partial charge in [-0.1, -0.05) is 11.2 Å². The van der Waals surface area contributed by atoms with Crippen molar-refractivity contribution in [2.45, 2.75) is 6.92 Å². The van der Waals surface area contributed by atoms with Crippen LogP contribution in [0.1, 0.15) is 16.2 Å². The van der Waals surface area contributed by atoms with E-state index in [1.165, 1.54) is 12.1 Å². The van der Waals surface area contributed by atoms with Crippen LogP contribution in [0.5, 0.6) is 0 Å². The van der Waals surface area contributed by atoms with Crippen molar-refractivity contribution in [3.8, 4) is 0 Å². The van der Waals surface area contributed by atoms with E-state index in [4.69, 9.17) is 9.26 Å². The van der Waals surface area contributed by atoms with E-state index in [1.807, 2.05) is 6.08 Å². The van der Waals surface area contributed by atoms with Crippen LogP contribution in [0.4, 0.5) is 0 Å². The molecule has 1 aliphatic heterocycles. The molecule has 1 atom stereocenters. The molecule has 0 radical (unpaired) electrons. The molecule has 7 heteroatoms. The lowest BCUT2D eigenvalue weighted by Crippen LogP contribution is -2.34. The van der Waals surface area contributed by atoms with Gasteiger partial charge in [-0.2, -0.15) is 0 Å². The van der Waals surface area contributed by atoms with Crippen molar-refractivity contribution < 1.29 is 18.8 Å².